The average molecular weight is 277 g/mol. The van der Waals surface area contributed by atoms with Crippen molar-refractivity contribution in [3.63, 3.8) is 0 Å². The van der Waals surface area contributed by atoms with Crippen LogP contribution in [-0.2, 0) is 6.54 Å². The Labute approximate surface area is 123 Å². The maximum absolute atomic E-state index is 5.73. The molecule has 0 aliphatic rings. The Bertz CT molecular complexity index is 427. The van der Waals surface area contributed by atoms with Gasteiger partial charge in [-0.3, -0.25) is 0 Å². The SMILES string of the molecule is C=C(CC)COc1ccc(CNCC(C)C)cc1OC. The molecule has 3 heteroatoms. The molecule has 0 aliphatic carbocycles. The molecule has 0 saturated carbocycles. The number of benzene rings is 1. The second-order valence-corrected chi connectivity index (χ2v) is 5.40. The molecule has 0 unspecified atom stereocenters. The van der Waals surface area contributed by atoms with Crippen molar-refractivity contribution >= 4 is 0 Å². The first kappa shape index (κ1) is 16.6. The molecule has 1 rings (SSSR count). The van der Waals surface area contributed by atoms with E-state index in [1.165, 1.54) is 5.56 Å². The molecule has 0 aliphatic heterocycles. The summed E-state index contributed by atoms with van der Waals surface area (Å²) in [5.41, 5.74) is 2.28. The van der Waals surface area contributed by atoms with Crippen LogP contribution in [-0.4, -0.2) is 20.3 Å². The first-order valence-corrected chi connectivity index (χ1v) is 7.23. The van der Waals surface area contributed by atoms with Gasteiger partial charge in [-0.1, -0.05) is 33.4 Å². The van der Waals surface area contributed by atoms with Crippen molar-refractivity contribution < 1.29 is 9.47 Å². The van der Waals surface area contributed by atoms with Gasteiger partial charge in [-0.15, -0.1) is 0 Å². The number of nitrogens with one attached hydrogen (secondary N) is 1. The summed E-state index contributed by atoms with van der Waals surface area (Å²) < 4.78 is 11.1. The predicted molar refractivity (Wildman–Crippen MR) is 84.5 cm³/mol. The first-order chi connectivity index (χ1) is 9.56. The Morgan fingerprint density at radius 3 is 2.65 bits per heavy atom. The number of hydrogen-bond donors (Lipinski definition) is 1. The van der Waals surface area contributed by atoms with E-state index in [1.807, 2.05) is 12.1 Å². The summed E-state index contributed by atoms with van der Waals surface area (Å²) in [5, 5.41) is 3.42. The van der Waals surface area contributed by atoms with Crippen LogP contribution in [0.4, 0.5) is 0 Å². The number of rotatable bonds is 9. The predicted octanol–water partition coefficient (Wildman–Crippen LogP) is 3.79. The summed E-state index contributed by atoms with van der Waals surface area (Å²) in [7, 11) is 1.67. The second kappa shape index (κ2) is 8.64. The summed E-state index contributed by atoms with van der Waals surface area (Å²) in [4.78, 5) is 0. The van der Waals surface area contributed by atoms with Crippen LogP contribution in [0.1, 0.15) is 32.8 Å². The van der Waals surface area contributed by atoms with E-state index in [1.54, 1.807) is 7.11 Å². The Balaban J connectivity index is 2.62. The molecule has 0 aromatic heterocycles. The van der Waals surface area contributed by atoms with Crippen LogP contribution in [0.15, 0.2) is 30.4 Å². The van der Waals surface area contributed by atoms with E-state index >= 15 is 0 Å². The lowest BCUT2D eigenvalue weighted by molar-refractivity contribution is 0.317. The van der Waals surface area contributed by atoms with Crippen molar-refractivity contribution in [2.75, 3.05) is 20.3 Å². The molecule has 20 heavy (non-hydrogen) atoms. The highest BCUT2D eigenvalue weighted by Gasteiger charge is 2.06. The number of methoxy groups -OCH3 is 1. The smallest absolute Gasteiger partial charge is 0.161 e. The monoisotopic (exact) mass is 277 g/mol. The zero-order chi connectivity index (χ0) is 15.0. The van der Waals surface area contributed by atoms with Crippen molar-refractivity contribution in [3.8, 4) is 11.5 Å². The molecule has 0 bridgehead atoms. The van der Waals surface area contributed by atoms with E-state index in [-0.39, 0.29) is 0 Å². The summed E-state index contributed by atoms with van der Waals surface area (Å²) in [6.45, 7) is 12.8. The minimum Gasteiger partial charge on any atom is -0.493 e. The van der Waals surface area contributed by atoms with Crippen LogP contribution in [0, 0.1) is 5.92 Å². The molecule has 0 radical (unpaired) electrons. The molecule has 0 fully saturated rings. The third-order valence-corrected chi connectivity index (χ3v) is 3.04. The van der Waals surface area contributed by atoms with E-state index < -0.39 is 0 Å². The zero-order valence-corrected chi connectivity index (χ0v) is 13.2. The lowest BCUT2D eigenvalue weighted by Crippen LogP contribution is -2.18. The Hall–Kier alpha value is -1.48. The second-order valence-electron chi connectivity index (χ2n) is 5.40. The number of hydrogen-bond acceptors (Lipinski definition) is 3. The summed E-state index contributed by atoms with van der Waals surface area (Å²) >= 11 is 0. The van der Waals surface area contributed by atoms with Gasteiger partial charge in [0, 0.05) is 6.54 Å². The molecule has 0 amide bonds. The van der Waals surface area contributed by atoms with Gasteiger partial charge in [0.1, 0.15) is 6.61 Å². The zero-order valence-electron chi connectivity index (χ0n) is 13.2. The standard InChI is InChI=1S/C17H27NO2/c1-6-14(4)12-20-16-8-7-15(9-17(16)19-5)11-18-10-13(2)3/h7-9,13,18H,4,6,10-12H2,1-3,5H3. The van der Waals surface area contributed by atoms with Crippen molar-refractivity contribution in [3.05, 3.63) is 35.9 Å². The van der Waals surface area contributed by atoms with Crippen molar-refractivity contribution in [1.82, 2.24) is 5.32 Å². The molecule has 112 valence electrons. The Kier molecular flexibility index (Phi) is 7.16. The van der Waals surface area contributed by atoms with Crippen LogP contribution in [0.5, 0.6) is 11.5 Å². The topological polar surface area (TPSA) is 30.5 Å². The fourth-order valence-electron chi connectivity index (χ4n) is 1.73. The van der Waals surface area contributed by atoms with Crippen LogP contribution in [0.2, 0.25) is 0 Å². The minimum absolute atomic E-state index is 0.539. The lowest BCUT2D eigenvalue weighted by atomic mass is 10.1. The Morgan fingerprint density at radius 1 is 1.30 bits per heavy atom. The fraction of sp³-hybridized carbons (Fsp3) is 0.529. The van der Waals surface area contributed by atoms with E-state index in [9.17, 15) is 0 Å². The van der Waals surface area contributed by atoms with Crippen LogP contribution in [0.25, 0.3) is 0 Å². The average Bonchev–Trinajstić information content (AvgIpc) is 2.44. The van der Waals surface area contributed by atoms with Crippen LogP contribution >= 0.6 is 0 Å². The highest BCUT2D eigenvalue weighted by Crippen LogP contribution is 2.28. The molecule has 0 atom stereocenters. The van der Waals surface area contributed by atoms with Gasteiger partial charge in [-0.05, 0) is 42.2 Å². The minimum atomic E-state index is 0.539. The lowest BCUT2D eigenvalue weighted by Gasteiger charge is -2.13. The third-order valence-electron chi connectivity index (χ3n) is 3.04. The van der Waals surface area contributed by atoms with E-state index in [0.717, 1.165) is 36.6 Å². The Morgan fingerprint density at radius 2 is 2.05 bits per heavy atom. The van der Waals surface area contributed by atoms with Gasteiger partial charge in [-0.2, -0.15) is 0 Å². The van der Waals surface area contributed by atoms with Crippen LogP contribution < -0.4 is 14.8 Å². The van der Waals surface area contributed by atoms with E-state index in [4.69, 9.17) is 9.47 Å². The molecule has 1 N–H and O–H groups in total. The van der Waals surface area contributed by atoms with E-state index in [0.29, 0.717) is 12.5 Å². The van der Waals surface area contributed by atoms with Gasteiger partial charge in [-0.25, -0.2) is 0 Å². The molecule has 0 heterocycles. The molecule has 0 saturated heterocycles. The third kappa shape index (κ3) is 5.66. The van der Waals surface area contributed by atoms with E-state index in [2.05, 4.69) is 38.7 Å². The summed E-state index contributed by atoms with van der Waals surface area (Å²) in [5.74, 6) is 2.20. The molecule has 0 spiro atoms. The van der Waals surface area contributed by atoms with Crippen molar-refractivity contribution in [2.24, 2.45) is 5.92 Å². The van der Waals surface area contributed by atoms with Gasteiger partial charge in [0.25, 0.3) is 0 Å². The molecular formula is C17H27NO2. The maximum Gasteiger partial charge on any atom is 0.161 e. The van der Waals surface area contributed by atoms with Crippen molar-refractivity contribution in [1.29, 1.82) is 0 Å². The highest BCUT2D eigenvalue weighted by molar-refractivity contribution is 5.43. The highest BCUT2D eigenvalue weighted by atomic mass is 16.5. The van der Waals surface area contributed by atoms with Crippen molar-refractivity contribution in [2.45, 2.75) is 33.7 Å². The largest absolute Gasteiger partial charge is 0.493 e. The molecule has 3 nitrogen and oxygen atoms in total. The first-order valence-electron chi connectivity index (χ1n) is 7.23. The van der Waals surface area contributed by atoms with Gasteiger partial charge >= 0.3 is 0 Å². The summed E-state index contributed by atoms with van der Waals surface area (Å²) in [6.07, 6.45) is 0.930. The molecular weight excluding hydrogens is 250 g/mol. The number of ether oxygens (including phenoxy) is 2. The maximum atomic E-state index is 5.73. The normalized spacial score (nSPS) is 10.7. The fourth-order valence-corrected chi connectivity index (χ4v) is 1.73. The van der Waals surface area contributed by atoms with Gasteiger partial charge < -0.3 is 14.8 Å². The van der Waals surface area contributed by atoms with Gasteiger partial charge in [0.15, 0.2) is 11.5 Å². The van der Waals surface area contributed by atoms with Crippen LogP contribution in [0.3, 0.4) is 0 Å². The molecule has 1 aromatic rings. The van der Waals surface area contributed by atoms with Gasteiger partial charge in [0.2, 0.25) is 0 Å². The molecule has 1 aromatic carbocycles. The quantitative estimate of drug-likeness (QED) is 0.697. The summed E-state index contributed by atoms with van der Waals surface area (Å²) in [6, 6.07) is 6.06. The van der Waals surface area contributed by atoms with Gasteiger partial charge in [0.05, 0.1) is 7.11 Å².